The van der Waals surface area contributed by atoms with Gasteiger partial charge in [-0.3, -0.25) is 4.79 Å². The van der Waals surface area contributed by atoms with Gasteiger partial charge in [0.25, 0.3) is 0 Å². The normalized spacial score (nSPS) is 13.6. The summed E-state index contributed by atoms with van der Waals surface area (Å²) in [5.41, 5.74) is 4.15. The smallest absolute Gasteiger partial charge is 0.397 e. The molecule has 4 N–H and O–H groups in total. The molecule has 0 bridgehead atoms. The van der Waals surface area contributed by atoms with Crippen LogP contribution in [0.5, 0.6) is 0 Å². The van der Waals surface area contributed by atoms with Crippen molar-refractivity contribution >= 4 is 11.7 Å². The van der Waals surface area contributed by atoms with Crippen LogP contribution in [0.25, 0.3) is 0 Å². The summed E-state index contributed by atoms with van der Waals surface area (Å²) in [5, 5.41) is 13.5. The maximum Gasteiger partial charge on any atom is 0.397 e. The first-order chi connectivity index (χ1) is 7.70. The molecule has 0 atom stereocenters. The number of amides is 1. The molecular formula is C9H16F3N3O2. The lowest BCUT2D eigenvalue weighted by molar-refractivity contribution is -0.154. The Balaban J connectivity index is 4.84. The first kappa shape index (κ1) is 15.5. The highest BCUT2D eigenvalue weighted by Crippen LogP contribution is 2.21. The Hall–Kier alpha value is -1.47. The highest BCUT2D eigenvalue weighted by atomic mass is 19.4. The number of hydrogen-bond donors (Lipinski definition) is 3. The monoisotopic (exact) mass is 255 g/mol. The van der Waals surface area contributed by atoms with Crippen molar-refractivity contribution in [2.45, 2.75) is 44.8 Å². The van der Waals surface area contributed by atoms with E-state index < -0.39 is 24.0 Å². The predicted octanol–water partition coefficient (Wildman–Crippen LogP) is 1.36. The zero-order valence-electron chi connectivity index (χ0n) is 9.64. The SMILES string of the molecule is CCC(CC)(NC(=O)CC(F)(F)F)/C(N)=N/O. The minimum Gasteiger partial charge on any atom is -0.409 e. The van der Waals surface area contributed by atoms with E-state index in [2.05, 4.69) is 10.5 Å². The second kappa shape index (κ2) is 5.74. The molecule has 0 aromatic carbocycles. The van der Waals surface area contributed by atoms with Gasteiger partial charge in [0.05, 0.1) is 0 Å². The average molecular weight is 255 g/mol. The van der Waals surface area contributed by atoms with E-state index in [-0.39, 0.29) is 18.7 Å². The van der Waals surface area contributed by atoms with E-state index in [0.717, 1.165) is 0 Å². The summed E-state index contributed by atoms with van der Waals surface area (Å²) in [6.45, 7) is 3.24. The molecule has 17 heavy (non-hydrogen) atoms. The maximum absolute atomic E-state index is 12.0. The van der Waals surface area contributed by atoms with Crippen LogP contribution in [0.3, 0.4) is 0 Å². The number of nitrogens with zero attached hydrogens (tertiary/aromatic N) is 1. The molecule has 0 unspecified atom stereocenters. The molecule has 0 aliphatic rings. The van der Waals surface area contributed by atoms with Gasteiger partial charge in [0.15, 0.2) is 5.84 Å². The van der Waals surface area contributed by atoms with E-state index in [0.29, 0.717) is 0 Å². The van der Waals surface area contributed by atoms with E-state index in [1.54, 1.807) is 13.8 Å². The predicted molar refractivity (Wildman–Crippen MR) is 55.5 cm³/mol. The van der Waals surface area contributed by atoms with Crippen LogP contribution in [-0.2, 0) is 4.79 Å². The van der Waals surface area contributed by atoms with Crippen LogP contribution in [0.15, 0.2) is 5.16 Å². The average Bonchev–Trinajstić information content (AvgIpc) is 2.22. The number of amidine groups is 1. The van der Waals surface area contributed by atoms with Crippen LogP contribution in [-0.4, -0.2) is 28.7 Å². The summed E-state index contributed by atoms with van der Waals surface area (Å²) in [5.74, 6) is -1.51. The highest BCUT2D eigenvalue weighted by Gasteiger charge is 2.37. The van der Waals surface area contributed by atoms with Gasteiger partial charge in [-0.15, -0.1) is 0 Å². The summed E-state index contributed by atoms with van der Waals surface area (Å²) < 4.78 is 36.0. The van der Waals surface area contributed by atoms with Gasteiger partial charge in [0, 0.05) is 0 Å². The number of nitrogens with one attached hydrogen (secondary N) is 1. The van der Waals surface area contributed by atoms with Gasteiger partial charge in [-0.05, 0) is 12.8 Å². The quantitative estimate of drug-likeness (QED) is 0.300. The molecule has 0 aliphatic heterocycles. The van der Waals surface area contributed by atoms with Gasteiger partial charge >= 0.3 is 6.18 Å². The van der Waals surface area contributed by atoms with Gasteiger partial charge in [0.2, 0.25) is 5.91 Å². The lowest BCUT2D eigenvalue weighted by Gasteiger charge is -2.31. The largest absolute Gasteiger partial charge is 0.409 e. The molecule has 0 rings (SSSR count). The Morgan fingerprint density at radius 2 is 1.82 bits per heavy atom. The van der Waals surface area contributed by atoms with Gasteiger partial charge < -0.3 is 16.3 Å². The van der Waals surface area contributed by atoms with E-state index in [4.69, 9.17) is 10.9 Å². The first-order valence-electron chi connectivity index (χ1n) is 5.06. The molecule has 0 saturated heterocycles. The zero-order chi connectivity index (χ0) is 13.7. The lowest BCUT2D eigenvalue weighted by Crippen LogP contribution is -2.57. The Kier molecular flexibility index (Phi) is 5.24. The fourth-order valence-electron chi connectivity index (χ4n) is 1.44. The van der Waals surface area contributed by atoms with Crippen LogP contribution < -0.4 is 11.1 Å². The van der Waals surface area contributed by atoms with Crippen molar-refractivity contribution in [3.63, 3.8) is 0 Å². The molecule has 0 aromatic heterocycles. The van der Waals surface area contributed by atoms with Crippen molar-refractivity contribution in [3.8, 4) is 0 Å². The van der Waals surface area contributed by atoms with E-state index >= 15 is 0 Å². The third kappa shape index (κ3) is 4.49. The summed E-state index contributed by atoms with van der Waals surface area (Å²) in [6.07, 6.45) is -5.72. The number of oxime groups is 1. The number of alkyl halides is 3. The Bertz CT molecular complexity index is 298. The van der Waals surface area contributed by atoms with Crippen LogP contribution in [0.4, 0.5) is 13.2 Å². The molecule has 0 aromatic rings. The van der Waals surface area contributed by atoms with Crippen molar-refractivity contribution in [2.75, 3.05) is 0 Å². The molecule has 0 fully saturated rings. The standard InChI is InChI=1S/C9H16F3N3O2/c1-3-8(4-2,7(13)15-17)14-6(16)5-9(10,11)12/h17H,3-5H2,1-2H3,(H2,13,15)(H,14,16). The van der Waals surface area contributed by atoms with Crippen molar-refractivity contribution < 1.29 is 23.2 Å². The molecule has 5 nitrogen and oxygen atoms in total. The van der Waals surface area contributed by atoms with Crippen LogP contribution in [0, 0.1) is 0 Å². The van der Waals surface area contributed by atoms with E-state index in [1.807, 2.05) is 0 Å². The van der Waals surface area contributed by atoms with Crippen LogP contribution in [0.1, 0.15) is 33.1 Å². The fraction of sp³-hybridized carbons (Fsp3) is 0.778. The molecule has 0 radical (unpaired) electrons. The zero-order valence-corrected chi connectivity index (χ0v) is 9.64. The summed E-state index contributed by atoms with van der Waals surface area (Å²) in [6, 6.07) is 0. The summed E-state index contributed by atoms with van der Waals surface area (Å²) in [7, 11) is 0. The maximum atomic E-state index is 12.0. The van der Waals surface area contributed by atoms with E-state index in [1.165, 1.54) is 0 Å². The summed E-state index contributed by atoms with van der Waals surface area (Å²) >= 11 is 0. The second-order valence-electron chi connectivity index (χ2n) is 3.61. The minimum absolute atomic E-state index is 0.225. The fourth-order valence-corrected chi connectivity index (χ4v) is 1.44. The van der Waals surface area contributed by atoms with Crippen molar-refractivity contribution in [1.29, 1.82) is 0 Å². The van der Waals surface area contributed by atoms with Crippen LogP contribution >= 0.6 is 0 Å². The Morgan fingerprint density at radius 3 is 2.12 bits per heavy atom. The number of hydrogen-bond acceptors (Lipinski definition) is 3. The highest BCUT2D eigenvalue weighted by molar-refractivity contribution is 5.93. The molecule has 0 heterocycles. The first-order valence-corrected chi connectivity index (χ1v) is 5.06. The van der Waals surface area contributed by atoms with Gasteiger partial charge in [-0.2, -0.15) is 13.2 Å². The molecule has 100 valence electrons. The number of halogens is 3. The molecule has 8 heteroatoms. The van der Waals surface area contributed by atoms with Crippen LogP contribution in [0.2, 0.25) is 0 Å². The minimum atomic E-state index is -4.58. The molecule has 0 spiro atoms. The third-order valence-corrected chi connectivity index (χ3v) is 2.54. The van der Waals surface area contributed by atoms with Gasteiger partial charge in [-0.1, -0.05) is 19.0 Å². The van der Waals surface area contributed by atoms with Gasteiger partial charge in [0.1, 0.15) is 12.0 Å². The molecular weight excluding hydrogens is 239 g/mol. The molecule has 0 aliphatic carbocycles. The number of carbonyl (C=O) groups excluding carboxylic acids is 1. The lowest BCUT2D eigenvalue weighted by atomic mass is 9.91. The number of rotatable bonds is 5. The molecule has 0 saturated carbocycles. The molecule has 1 amide bonds. The van der Waals surface area contributed by atoms with E-state index in [9.17, 15) is 18.0 Å². The van der Waals surface area contributed by atoms with Crippen molar-refractivity contribution in [3.05, 3.63) is 0 Å². The second-order valence-corrected chi connectivity index (χ2v) is 3.61. The Morgan fingerprint density at radius 1 is 1.35 bits per heavy atom. The van der Waals surface area contributed by atoms with Crippen molar-refractivity contribution in [2.24, 2.45) is 10.9 Å². The summed E-state index contributed by atoms with van der Waals surface area (Å²) in [4.78, 5) is 11.2. The number of nitrogens with two attached hydrogens (primary N) is 1. The Labute approximate surface area is 96.9 Å². The third-order valence-electron chi connectivity index (χ3n) is 2.54. The van der Waals surface area contributed by atoms with Gasteiger partial charge in [-0.25, -0.2) is 0 Å². The topological polar surface area (TPSA) is 87.7 Å². The van der Waals surface area contributed by atoms with Crippen molar-refractivity contribution in [1.82, 2.24) is 5.32 Å². The number of carbonyl (C=O) groups is 1.